The Bertz CT molecular complexity index is 536. The highest BCUT2D eigenvalue weighted by Gasteiger charge is 2.37. The van der Waals surface area contributed by atoms with Crippen LogP contribution in [0.1, 0.15) is 0 Å². The summed E-state index contributed by atoms with van der Waals surface area (Å²) < 4.78 is 13.1. The molecule has 0 spiro atoms. The number of aromatic nitrogens is 6. The number of hydrogen-bond acceptors (Lipinski definition) is 4. The fourth-order valence-corrected chi connectivity index (χ4v) is 3.65. The zero-order valence-electron chi connectivity index (χ0n) is 8.66. The van der Waals surface area contributed by atoms with Crippen molar-refractivity contribution in [3.05, 3.63) is 37.2 Å². The Hall–Kier alpha value is -2.14. The number of rotatable bonds is 3. The van der Waals surface area contributed by atoms with Gasteiger partial charge in [-0.3, -0.25) is 4.57 Å². The van der Waals surface area contributed by atoms with Crippen molar-refractivity contribution in [1.82, 2.24) is 29.9 Å². The SMILES string of the molecule is O=P(c1ncc[nH]1)(c1ncc[nH]1)c1ncc[nH]1. The molecule has 0 amide bonds. The van der Waals surface area contributed by atoms with Crippen LogP contribution >= 0.6 is 7.14 Å². The first kappa shape index (κ1) is 10.0. The summed E-state index contributed by atoms with van der Waals surface area (Å²) in [6.45, 7) is 0. The Morgan fingerprint density at radius 3 is 1.35 bits per heavy atom. The molecule has 3 aromatic heterocycles. The van der Waals surface area contributed by atoms with Crippen molar-refractivity contribution in [2.75, 3.05) is 0 Å². The van der Waals surface area contributed by atoms with Crippen molar-refractivity contribution < 1.29 is 4.57 Å². The van der Waals surface area contributed by atoms with E-state index in [4.69, 9.17) is 0 Å². The van der Waals surface area contributed by atoms with E-state index < -0.39 is 7.14 Å². The zero-order chi connectivity index (χ0) is 11.7. The molecule has 0 aliphatic carbocycles. The summed E-state index contributed by atoms with van der Waals surface area (Å²) in [6.07, 6.45) is 9.51. The molecule has 3 N–H and O–H groups in total. The molecule has 0 aliphatic heterocycles. The molecule has 0 unspecified atom stereocenters. The number of aromatic amines is 3. The minimum atomic E-state index is -3.13. The molecular weight excluding hydrogens is 239 g/mol. The molecule has 8 heteroatoms. The van der Waals surface area contributed by atoms with Crippen molar-refractivity contribution in [3.8, 4) is 0 Å². The van der Waals surface area contributed by atoms with Gasteiger partial charge in [0.1, 0.15) is 0 Å². The average molecular weight is 248 g/mol. The molecule has 3 heterocycles. The zero-order valence-corrected chi connectivity index (χ0v) is 9.56. The van der Waals surface area contributed by atoms with Crippen molar-refractivity contribution >= 4 is 23.8 Å². The molecule has 0 fully saturated rings. The highest BCUT2D eigenvalue weighted by Crippen LogP contribution is 2.37. The smallest absolute Gasteiger partial charge is 0.271 e. The van der Waals surface area contributed by atoms with Gasteiger partial charge in [-0.1, -0.05) is 0 Å². The van der Waals surface area contributed by atoms with E-state index in [0.29, 0.717) is 16.7 Å². The fraction of sp³-hybridized carbons (Fsp3) is 0. The maximum atomic E-state index is 13.1. The van der Waals surface area contributed by atoms with E-state index in [2.05, 4.69) is 29.9 Å². The number of imidazole rings is 3. The summed E-state index contributed by atoms with van der Waals surface area (Å²) in [5.41, 5.74) is 1.05. The first-order valence-corrected chi connectivity index (χ1v) is 6.62. The summed E-state index contributed by atoms with van der Waals surface area (Å²) >= 11 is 0. The first-order valence-electron chi connectivity index (χ1n) is 4.91. The Balaban J connectivity index is 2.26. The maximum absolute atomic E-state index is 13.1. The summed E-state index contributed by atoms with van der Waals surface area (Å²) in [5.74, 6) is 0. The van der Waals surface area contributed by atoms with Gasteiger partial charge in [-0.2, -0.15) is 0 Å². The van der Waals surface area contributed by atoms with Crippen LogP contribution in [0.3, 0.4) is 0 Å². The maximum Gasteiger partial charge on any atom is 0.271 e. The molecule has 0 aromatic carbocycles. The number of nitrogens with one attached hydrogen (secondary N) is 3. The molecule has 3 aromatic rings. The van der Waals surface area contributed by atoms with E-state index in [1.54, 1.807) is 37.2 Å². The second-order valence-corrected chi connectivity index (χ2v) is 5.84. The monoisotopic (exact) mass is 248 g/mol. The van der Waals surface area contributed by atoms with Crippen LogP contribution in [-0.2, 0) is 4.57 Å². The average Bonchev–Trinajstić information content (AvgIpc) is 3.10. The molecule has 0 radical (unpaired) electrons. The predicted molar refractivity (Wildman–Crippen MR) is 62.3 cm³/mol. The van der Waals surface area contributed by atoms with Crippen molar-refractivity contribution in [2.24, 2.45) is 0 Å². The van der Waals surface area contributed by atoms with Gasteiger partial charge in [0.05, 0.1) is 0 Å². The summed E-state index contributed by atoms with van der Waals surface area (Å²) in [4.78, 5) is 20.8. The molecule has 0 saturated heterocycles. The Kier molecular flexibility index (Phi) is 2.19. The van der Waals surface area contributed by atoms with Crippen molar-refractivity contribution in [1.29, 1.82) is 0 Å². The van der Waals surface area contributed by atoms with Crippen LogP contribution in [0.5, 0.6) is 0 Å². The van der Waals surface area contributed by atoms with E-state index in [0.717, 1.165) is 0 Å². The summed E-state index contributed by atoms with van der Waals surface area (Å²) in [6, 6.07) is 0. The van der Waals surface area contributed by atoms with Gasteiger partial charge >= 0.3 is 0 Å². The molecule has 17 heavy (non-hydrogen) atoms. The number of hydrogen-bond donors (Lipinski definition) is 3. The van der Waals surface area contributed by atoms with E-state index in [1.807, 2.05) is 0 Å². The third-order valence-corrected chi connectivity index (χ3v) is 4.87. The van der Waals surface area contributed by atoms with Gasteiger partial charge in [-0.25, -0.2) is 15.0 Å². The number of H-pyrrole nitrogens is 3. The van der Waals surface area contributed by atoms with E-state index in [-0.39, 0.29) is 0 Å². The third-order valence-electron chi connectivity index (χ3n) is 2.35. The van der Waals surface area contributed by atoms with Crippen molar-refractivity contribution in [2.45, 2.75) is 0 Å². The minimum Gasteiger partial charge on any atom is -0.342 e. The van der Waals surface area contributed by atoms with E-state index >= 15 is 0 Å². The molecular formula is C9H9N6OP. The van der Waals surface area contributed by atoms with Gasteiger partial charge in [-0.15, -0.1) is 0 Å². The van der Waals surface area contributed by atoms with Gasteiger partial charge < -0.3 is 15.0 Å². The Morgan fingerprint density at radius 1 is 0.765 bits per heavy atom. The quantitative estimate of drug-likeness (QED) is 0.543. The van der Waals surface area contributed by atoms with Crippen LogP contribution in [0.15, 0.2) is 37.2 Å². The number of nitrogens with zero attached hydrogens (tertiary/aromatic N) is 3. The molecule has 0 bridgehead atoms. The standard InChI is InChI=1S/C9H9N6OP/c16-17(7-10-1-2-11-7,8-12-3-4-13-8)9-14-5-6-15-9/h1-6H,(H,10,11)(H,12,13)(H,14,15). The summed E-state index contributed by atoms with van der Waals surface area (Å²) in [7, 11) is -3.13. The van der Waals surface area contributed by atoms with Crippen LogP contribution in [-0.4, -0.2) is 29.9 Å². The van der Waals surface area contributed by atoms with Gasteiger partial charge in [0.15, 0.2) is 16.7 Å². The van der Waals surface area contributed by atoms with Crippen LogP contribution in [0.2, 0.25) is 0 Å². The van der Waals surface area contributed by atoms with Crippen LogP contribution in [0, 0.1) is 0 Å². The lowest BCUT2D eigenvalue weighted by atomic mass is 11.0. The topological polar surface area (TPSA) is 103 Å². The lowest BCUT2D eigenvalue weighted by molar-refractivity contribution is 0.589. The molecule has 3 rings (SSSR count). The van der Waals surface area contributed by atoms with Crippen LogP contribution in [0.4, 0.5) is 0 Å². The molecule has 0 atom stereocenters. The third kappa shape index (κ3) is 1.43. The van der Waals surface area contributed by atoms with Crippen LogP contribution in [0.25, 0.3) is 0 Å². The second-order valence-electron chi connectivity index (χ2n) is 3.35. The van der Waals surface area contributed by atoms with E-state index in [1.165, 1.54) is 0 Å². The summed E-state index contributed by atoms with van der Waals surface area (Å²) in [5, 5.41) is 0. The van der Waals surface area contributed by atoms with Crippen LogP contribution < -0.4 is 16.7 Å². The van der Waals surface area contributed by atoms with Gasteiger partial charge in [0, 0.05) is 37.2 Å². The lowest BCUT2D eigenvalue weighted by Gasteiger charge is -2.10. The van der Waals surface area contributed by atoms with Gasteiger partial charge in [0.25, 0.3) is 7.14 Å². The Labute approximate surface area is 96.1 Å². The molecule has 7 nitrogen and oxygen atoms in total. The highest BCUT2D eigenvalue weighted by molar-refractivity contribution is 7.84. The Morgan fingerprint density at radius 2 is 1.12 bits per heavy atom. The normalized spacial score (nSPS) is 11.8. The highest BCUT2D eigenvalue weighted by atomic mass is 31.2. The predicted octanol–water partition coefficient (Wildman–Crippen LogP) is -0.505. The molecule has 0 saturated carbocycles. The largest absolute Gasteiger partial charge is 0.342 e. The fourth-order valence-electron chi connectivity index (χ4n) is 1.59. The van der Waals surface area contributed by atoms with Gasteiger partial charge in [0.2, 0.25) is 0 Å². The minimum absolute atomic E-state index is 0.349. The molecule has 0 aliphatic rings. The first-order chi connectivity index (χ1) is 8.32. The lowest BCUT2D eigenvalue weighted by Crippen LogP contribution is -2.31. The van der Waals surface area contributed by atoms with Crippen molar-refractivity contribution in [3.63, 3.8) is 0 Å². The van der Waals surface area contributed by atoms with E-state index in [9.17, 15) is 4.57 Å². The van der Waals surface area contributed by atoms with Gasteiger partial charge in [-0.05, 0) is 0 Å². The second kappa shape index (κ2) is 3.71. The molecule has 86 valence electrons.